The molecule has 1 aromatic carbocycles. The molecule has 0 bridgehead atoms. The van der Waals surface area contributed by atoms with E-state index < -0.39 is 0 Å². The van der Waals surface area contributed by atoms with Gasteiger partial charge in [-0.05, 0) is 51.9 Å². The van der Waals surface area contributed by atoms with Crippen LogP contribution in [-0.2, 0) is 0 Å². The average Bonchev–Trinajstić information content (AvgIpc) is 3.05. The first-order chi connectivity index (χ1) is 14.0. The second kappa shape index (κ2) is 10.1. The maximum Gasteiger partial charge on any atom is 0.253 e. The van der Waals surface area contributed by atoms with Gasteiger partial charge in [-0.25, -0.2) is 0 Å². The van der Waals surface area contributed by atoms with Gasteiger partial charge >= 0.3 is 0 Å². The van der Waals surface area contributed by atoms with Gasteiger partial charge in [0.15, 0.2) is 0 Å². The van der Waals surface area contributed by atoms with E-state index >= 15 is 0 Å². The summed E-state index contributed by atoms with van der Waals surface area (Å²) in [5.41, 5.74) is 4.20. The highest BCUT2D eigenvalue weighted by Crippen LogP contribution is 2.25. The molecule has 1 N–H and O–H groups in total. The molecule has 5 heteroatoms. The fourth-order valence-electron chi connectivity index (χ4n) is 4.41. The van der Waals surface area contributed by atoms with Crippen molar-refractivity contribution >= 4 is 5.91 Å². The molecule has 1 unspecified atom stereocenters. The molecule has 1 aliphatic rings. The van der Waals surface area contributed by atoms with E-state index in [4.69, 9.17) is 0 Å². The van der Waals surface area contributed by atoms with Gasteiger partial charge in [0.2, 0.25) is 0 Å². The van der Waals surface area contributed by atoms with Gasteiger partial charge in [0, 0.05) is 44.1 Å². The summed E-state index contributed by atoms with van der Waals surface area (Å²) in [6.45, 7) is 16.1. The van der Waals surface area contributed by atoms with Gasteiger partial charge in [0.25, 0.3) is 5.91 Å². The van der Waals surface area contributed by atoms with Crippen LogP contribution in [-0.4, -0.2) is 66.1 Å². The number of likely N-dealkylation sites (N-methyl/N-ethyl adjacent to an activating group) is 1. The Morgan fingerprint density at radius 3 is 2.38 bits per heavy atom. The molecule has 158 valence electrons. The van der Waals surface area contributed by atoms with E-state index in [0.29, 0.717) is 0 Å². The Bertz CT molecular complexity index is 791. The van der Waals surface area contributed by atoms with Crippen molar-refractivity contribution in [3.63, 3.8) is 0 Å². The first-order valence-corrected chi connectivity index (χ1v) is 11.0. The third-order valence-corrected chi connectivity index (χ3v) is 6.25. The molecule has 0 spiro atoms. The molecular weight excluding hydrogens is 360 g/mol. The zero-order valence-corrected chi connectivity index (χ0v) is 18.4. The van der Waals surface area contributed by atoms with E-state index in [1.807, 2.05) is 12.1 Å². The first-order valence-electron chi connectivity index (χ1n) is 11.0. The van der Waals surface area contributed by atoms with E-state index in [0.717, 1.165) is 69.2 Å². The topological polar surface area (TPSA) is 40.5 Å². The predicted molar refractivity (Wildman–Crippen MR) is 120 cm³/mol. The van der Waals surface area contributed by atoms with Crippen molar-refractivity contribution in [2.75, 3.05) is 45.8 Å². The Hall–Kier alpha value is -2.11. The molecule has 1 aliphatic heterocycles. The number of amides is 1. The number of hydrogen-bond donors (Lipinski definition) is 1. The fourth-order valence-corrected chi connectivity index (χ4v) is 4.41. The summed E-state index contributed by atoms with van der Waals surface area (Å²) in [6.07, 6.45) is 0.997. The number of carbonyl (C=O) groups is 1. The van der Waals surface area contributed by atoms with E-state index in [1.165, 1.54) is 5.56 Å². The van der Waals surface area contributed by atoms with Crippen molar-refractivity contribution in [3.05, 3.63) is 58.9 Å². The molecule has 29 heavy (non-hydrogen) atoms. The number of benzene rings is 1. The first kappa shape index (κ1) is 21.6. The van der Waals surface area contributed by atoms with Crippen molar-refractivity contribution < 1.29 is 4.79 Å². The number of piperazine rings is 1. The SMILES string of the molecule is CCN1CCN(CCCNC(=O)c2cc(C)n(C(C)c3ccccc3)c2C)CC1. The minimum Gasteiger partial charge on any atom is -0.352 e. The quantitative estimate of drug-likeness (QED) is 0.695. The summed E-state index contributed by atoms with van der Waals surface area (Å²) < 4.78 is 2.26. The lowest BCUT2D eigenvalue weighted by molar-refractivity contribution is 0.0947. The maximum absolute atomic E-state index is 12.8. The molecule has 1 fully saturated rings. The summed E-state index contributed by atoms with van der Waals surface area (Å²) >= 11 is 0. The summed E-state index contributed by atoms with van der Waals surface area (Å²) in [5, 5.41) is 3.13. The van der Waals surface area contributed by atoms with Crippen molar-refractivity contribution in [1.82, 2.24) is 19.7 Å². The van der Waals surface area contributed by atoms with Crippen LogP contribution in [0.1, 0.15) is 53.6 Å². The smallest absolute Gasteiger partial charge is 0.253 e. The van der Waals surface area contributed by atoms with Crippen LogP contribution in [0, 0.1) is 13.8 Å². The number of hydrogen-bond acceptors (Lipinski definition) is 3. The van der Waals surface area contributed by atoms with Gasteiger partial charge < -0.3 is 19.7 Å². The van der Waals surface area contributed by atoms with E-state index in [1.54, 1.807) is 0 Å². The number of nitrogens with one attached hydrogen (secondary N) is 1. The standard InChI is InChI=1S/C24H36N4O/c1-5-26-14-16-27(17-15-26)13-9-12-25-24(29)23-18-19(2)28(21(23)4)20(3)22-10-7-6-8-11-22/h6-8,10-11,18,20H,5,9,12-17H2,1-4H3,(H,25,29). The van der Waals surface area contributed by atoms with Crippen LogP contribution in [0.15, 0.2) is 36.4 Å². The lowest BCUT2D eigenvalue weighted by Gasteiger charge is -2.33. The van der Waals surface area contributed by atoms with Crippen LogP contribution in [0.5, 0.6) is 0 Å². The monoisotopic (exact) mass is 396 g/mol. The van der Waals surface area contributed by atoms with Crippen molar-refractivity contribution in [2.24, 2.45) is 0 Å². The normalized spacial score (nSPS) is 16.7. The summed E-state index contributed by atoms with van der Waals surface area (Å²) in [4.78, 5) is 17.8. The zero-order chi connectivity index (χ0) is 20.8. The lowest BCUT2D eigenvalue weighted by Crippen LogP contribution is -2.46. The van der Waals surface area contributed by atoms with Crippen LogP contribution < -0.4 is 5.32 Å². The van der Waals surface area contributed by atoms with Crippen LogP contribution in [0.4, 0.5) is 0 Å². The summed E-state index contributed by atoms with van der Waals surface area (Å²) in [7, 11) is 0. The van der Waals surface area contributed by atoms with Crippen LogP contribution in [0.2, 0.25) is 0 Å². The van der Waals surface area contributed by atoms with E-state index in [9.17, 15) is 4.79 Å². The number of rotatable bonds is 8. The molecule has 0 aliphatic carbocycles. The van der Waals surface area contributed by atoms with Crippen molar-refractivity contribution in [3.8, 4) is 0 Å². The molecular formula is C24H36N4O. The molecule has 2 aromatic rings. The Morgan fingerprint density at radius 2 is 1.72 bits per heavy atom. The highest BCUT2D eigenvalue weighted by Gasteiger charge is 2.20. The predicted octanol–water partition coefficient (Wildman–Crippen LogP) is 3.47. The van der Waals surface area contributed by atoms with Gasteiger partial charge in [-0.1, -0.05) is 37.3 Å². The average molecular weight is 397 g/mol. The number of nitrogens with zero attached hydrogens (tertiary/aromatic N) is 3. The second-order valence-electron chi connectivity index (χ2n) is 8.13. The Labute approximate surface area is 175 Å². The van der Waals surface area contributed by atoms with E-state index in [2.05, 4.69) is 71.6 Å². The van der Waals surface area contributed by atoms with E-state index in [-0.39, 0.29) is 11.9 Å². The molecule has 5 nitrogen and oxygen atoms in total. The number of aromatic nitrogens is 1. The van der Waals surface area contributed by atoms with Gasteiger partial charge in [0.05, 0.1) is 11.6 Å². The Morgan fingerprint density at radius 1 is 1.07 bits per heavy atom. The third kappa shape index (κ3) is 5.28. The summed E-state index contributed by atoms with van der Waals surface area (Å²) in [6, 6.07) is 12.7. The number of aryl methyl sites for hydroxylation is 1. The molecule has 1 atom stereocenters. The molecule has 1 aromatic heterocycles. The minimum absolute atomic E-state index is 0.0420. The number of carbonyl (C=O) groups excluding carboxylic acids is 1. The van der Waals surface area contributed by atoms with Crippen LogP contribution in [0.25, 0.3) is 0 Å². The van der Waals surface area contributed by atoms with Crippen LogP contribution in [0.3, 0.4) is 0 Å². The molecule has 0 saturated carbocycles. The minimum atomic E-state index is 0.0420. The Balaban J connectivity index is 1.52. The van der Waals surface area contributed by atoms with Gasteiger partial charge in [-0.15, -0.1) is 0 Å². The third-order valence-electron chi connectivity index (χ3n) is 6.25. The zero-order valence-electron chi connectivity index (χ0n) is 18.4. The van der Waals surface area contributed by atoms with Crippen LogP contribution >= 0.6 is 0 Å². The van der Waals surface area contributed by atoms with Crippen molar-refractivity contribution in [1.29, 1.82) is 0 Å². The second-order valence-corrected chi connectivity index (χ2v) is 8.13. The maximum atomic E-state index is 12.8. The van der Waals surface area contributed by atoms with Gasteiger partial charge in [0.1, 0.15) is 0 Å². The largest absolute Gasteiger partial charge is 0.352 e. The molecule has 0 radical (unpaired) electrons. The molecule has 2 heterocycles. The van der Waals surface area contributed by atoms with Crippen molar-refractivity contribution in [2.45, 2.75) is 40.2 Å². The molecule has 1 saturated heterocycles. The lowest BCUT2D eigenvalue weighted by atomic mass is 10.1. The Kier molecular flexibility index (Phi) is 7.51. The summed E-state index contributed by atoms with van der Waals surface area (Å²) in [5.74, 6) is 0.0420. The fraction of sp³-hybridized carbons (Fsp3) is 0.542. The highest BCUT2D eigenvalue weighted by atomic mass is 16.1. The van der Waals surface area contributed by atoms with Gasteiger partial charge in [-0.2, -0.15) is 0 Å². The van der Waals surface area contributed by atoms with Gasteiger partial charge in [-0.3, -0.25) is 4.79 Å². The molecule has 1 amide bonds. The molecule has 3 rings (SSSR count). The highest BCUT2D eigenvalue weighted by molar-refractivity contribution is 5.95.